The Labute approximate surface area is 125 Å². The molecule has 1 atom stereocenters. The molecular formula is C16H22N4O. The number of imidazole rings is 1. The van der Waals surface area contributed by atoms with Crippen molar-refractivity contribution in [2.45, 2.75) is 12.6 Å². The highest BCUT2D eigenvalue weighted by molar-refractivity contribution is 5.28. The van der Waals surface area contributed by atoms with E-state index in [0.29, 0.717) is 6.04 Å². The molecule has 1 aromatic heterocycles. The number of ether oxygens (including phenoxy) is 1. The van der Waals surface area contributed by atoms with Gasteiger partial charge in [0.25, 0.3) is 0 Å². The summed E-state index contributed by atoms with van der Waals surface area (Å²) >= 11 is 0. The zero-order chi connectivity index (χ0) is 14.7. The number of piperazine rings is 1. The van der Waals surface area contributed by atoms with E-state index in [4.69, 9.17) is 4.74 Å². The molecule has 0 spiro atoms. The van der Waals surface area contributed by atoms with Gasteiger partial charge in [0.2, 0.25) is 0 Å². The molecule has 1 aliphatic heterocycles. The molecule has 0 saturated carbocycles. The van der Waals surface area contributed by atoms with E-state index in [2.05, 4.69) is 38.9 Å². The molecule has 1 saturated heterocycles. The lowest BCUT2D eigenvalue weighted by Gasteiger charge is -2.35. The van der Waals surface area contributed by atoms with Crippen LogP contribution in [0, 0.1) is 0 Å². The van der Waals surface area contributed by atoms with Crippen LogP contribution in [0.4, 0.5) is 0 Å². The number of hydrogen-bond acceptors (Lipinski definition) is 4. The number of benzene rings is 1. The van der Waals surface area contributed by atoms with Crippen LogP contribution >= 0.6 is 0 Å². The lowest BCUT2D eigenvalue weighted by atomic mass is 10.1. The van der Waals surface area contributed by atoms with Crippen molar-refractivity contribution in [3.05, 3.63) is 48.0 Å². The highest BCUT2D eigenvalue weighted by atomic mass is 16.5. The van der Waals surface area contributed by atoms with Crippen LogP contribution < -0.4 is 10.1 Å². The SMILES string of the molecule is COc1cccc(CN2CCNCC2c2nccn2C)c1. The minimum atomic E-state index is 0.310. The summed E-state index contributed by atoms with van der Waals surface area (Å²) in [5.41, 5.74) is 1.27. The van der Waals surface area contributed by atoms with Crippen LogP contribution in [0.5, 0.6) is 5.75 Å². The van der Waals surface area contributed by atoms with Crippen LogP contribution in [-0.2, 0) is 13.6 Å². The molecule has 1 unspecified atom stereocenters. The molecule has 0 amide bonds. The van der Waals surface area contributed by atoms with Gasteiger partial charge in [0, 0.05) is 45.6 Å². The standard InChI is InChI=1S/C16H22N4O/c1-19-8-7-18-16(19)15-11-17-6-9-20(15)12-13-4-3-5-14(10-13)21-2/h3-5,7-8,10,15,17H,6,9,11-12H2,1-2H3. The summed E-state index contributed by atoms with van der Waals surface area (Å²) in [6.45, 7) is 3.89. The van der Waals surface area contributed by atoms with Crippen LogP contribution in [0.15, 0.2) is 36.7 Å². The number of methoxy groups -OCH3 is 1. The molecule has 5 nitrogen and oxygen atoms in total. The lowest BCUT2D eigenvalue weighted by Crippen LogP contribution is -2.46. The third-order valence-corrected chi connectivity index (χ3v) is 4.03. The van der Waals surface area contributed by atoms with E-state index in [-0.39, 0.29) is 0 Å². The topological polar surface area (TPSA) is 42.3 Å². The van der Waals surface area contributed by atoms with Gasteiger partial charge >= 0.3 is 0 Å². The molecule has 5 heteroatoms. The Kier molecular flexibility index (Phi) is 4.22. The van der Waals surface area contributed by atoms with Gasteiger partial charge in [-0.15, -0.1) is 0 Å². The van der Waals surface area contributed by atoms with E-state index < -0.39 is 0 Å². The average Bonchev–Trinajstić information content (AvgIpc) is 2.94. The first kappa shape index (κ1) is 14.1. The Morgan fingerprint density at radius 1 is 1.43 bits per heavy atom. The fourth-order valence-electron chi connectivity index (χ4n) is 2.89. The van der Waals surface area contributed by atoms with Gasteiger partial charge in [-0.25, -0.2) is 4.98 Å². The Morgan fingerprint density at radius 2 is 2.33 bits per heavy atom. The predicted octanol–water partition coefficient (Wildman–Crippen LogP) is 1.58. The molecule has 1 N–H and O–H groups in total. The van der Waals surface area contributed by atoms with E-state index in [1.807, 2.05) is 24.5 Å². The molecule has 1 aliphatic rings. The molecule has 21 heavy (non-hydrogen) atoms. The Morgan fingerprint density at radius 3 is 3.10 bits per heavy atom. The summed E-state index contributed by atoms with van der Waals surface area (Å²) in [6, 6.07) is 8.60. The van der Waals surface area contributed by atoms with Crippen LogP contribution in [-0.4, -0.2) is 41.2 Å². The fourth-order valence-corrected chi connectivity index (χ4v) is 2.89. The lowest BCUT2D eigenvalue weighted by molar-refractivity contribution is 0.144. The smallest absolute Gasteiger partial charge is 0.127 e. The van der Waals surface area contributed by atoms with Crippen molar-refractivity contribution in [3.8, 4) is 5.75 Å². The highest BCUT2D eigenvalue weighted by Crippen LogP contribution is 2.23. The quantitative estimate of drug-likeness (QED) is 0.926. The molecule has 2 aromatic rings. The van der Waals surface area contributed by atoms with Crippen molar-refractivity contribution in [2.24, 2.45) is 7.05 Å². The van der Waals surface area contributed by atoms with Gasteiger partial charge in [-0.2, -0.15) is 0 Å². The molecule has 1 fully saturated rings. The first-order valence-corrected chi connectivity index (χ1v) is 7.33. The Balaban J connectivity index is 1.79. The van der Waals surface area contributed by atoms with Gasteiger partial charge in [0.15, 0.2) is 0 Å². The third-order valence-electron chi connectivity index (χ3n) is 4.03. The molecule has 1 aromatic carbocycles. The van der Waals surface area contributed by atoms with Crippen molar-refractivity contribution in [3.63, 3.8) is 0 Å². The predicted molar refractivity (Wildman–Crippen MR) is 82.2 cm³/mol. The Hall–Kier alpha value is -1.85. The van der Waals surface area contributed by atoms with Crippen LogP contribution in [0.25, 0.3) is 0 Å². The van der Waals surface area contributed by atoms with Gasteiger partial charge in [-0.1, -0.05) is 12.1 Å². The first-order valence-electron chi connectivity index (χ1n) is 7.33. The highest BCUT2D eigenvalue weighted by Gasteiger charge is 2.26. The summed E-state index contributed by atoms with van der Waals surface area (Å²) in [5.74, 6) is 2.03. The second kappa shape index (κ2) is 6.28. The number of aromatic nitrogens is 2. The van der Waals surface area contributed by atoms with Crippen molar-refractivity contribution in [1.29, 1.82) is 0 Å². The zero-order valence-corrected chi connectivity index (χ0v) is 12.6. The number of nitrogens with one attached hydrogen (secondary N) is 1. The minimum Gasteiger partial charge on any atom is -0.497 e. The first-order chi connectivity index (χ1) is 10.3. The van der Waals surface area contributed by atoms with Gasteiger partial charge in [0.1, 0.15) is 11.6 Å². The van der Waals surface area contributed by atoms with Crippen molar-refractivity contribution < 1.29 is 4.74 Å². The number of rotatable bonds is 4. The molecule has 112 valence electrons. The summed E-state index contributed by atoms with van der Waals surface area (Å²) in [7, 11) is 3.77. The van der Waals surface area contributed by atoms with Crippen molar-refractivity contribution in [2.75, 3.05) is 26.7 Å². The van der Waals surface area contributed by atoms with Crippen molar-refractivity contribution >= 4 is 0 Å². The second-order valence-electron chi connectivity index (χ2n) is 5.44. The van der Waals surface area contributed by atoms with Crippen LogP contribution in [0.3, 0.4) is 0 Å². The number of aryl methyl sites for hydroxylation is 1. The molecular weight excluding hydrogens is 264 g/mol. The average molecular weight is 286 g/mol. The summed E-state index contributed by atoms with van der Waals surface area (Å²) in [6.07, 6.45) is 3.88. The maximum Gasteiger partial charge on any atom is 0.127 e. The second-order valence-corrected chi connectivity index (χ2v) is 5.44. The Bertz CT molecular complexity index is 595. The van der Waals surface area contributed by atoms with Gasteiger partial charge in [-0.05, 0) is 17.7 Å². The fraction of sp³-hybridized carbons (Fsp3) is 0.438. The largest absolute Gasteiger partial charge is 0.497 e. The van der Waals surface area contributed by atoms with Crippen LogP contribution in [0.1, 0.15) is 17.4 Å². The van der Waals surface area contributed by atoms with Gasteiger partial charge < -0.3 is 14.6 Å². The zero-order valence-electron chi connectivity index (χ0n) is 12.6. The maximum absolute atomic E-state index is 5.31. The van der Waals surface area contributed by atoms with Gasteiger partial charge in [0.05, 0.1) is 13.2 Å². The molecule has 0 bridgehead atoms. The van der Waals surface area contributed by atoms with E-state index in [1.165, 1.54) is 5.56 Å². The molecule has 2 heterocycles. The number of nitrogens with zero attached hydrogens (tertiary/aromatic N) is 3. The van der Waals surface area contributed by atoms with E-state index in [9.17, 15) is 0 Å². The normalized spacial score (nSPS) is 19.6. The van der Waals surface area contributed by atoms with Crippen molar-refractivity contribution in [1.82, 2.24) is 19.8 Å². The third kappa shape index (κ3) is 3.09. The summed E-state index contributed by atoms with van der Waals surface area (Å²) < 4.78 is 7.42. The molecule has 3 rings (SSSR count). The van der Waals surface area contributed by atoms with E-state index in [0.717, 1.165) is 37.8 Å². The van der Waals surface area contributed by atoms with Gasteiger partial charge in [-0.3, -0.25) is 4.90 Å². The summed E-state index contributed by atoms with van der Waals surface area (Å²) in [5, 5.41) is 3.47. The van der Waals surface area contributed by atoms with Crippen LogP contribution in [0.2, 0.25) is 0 Å². The number of hydrogen-bond donors (Lipinski definition) is 1. The van der Waals surface area contributed by atoms with E-state index >= 15 is 0 Å². The molecule has 0 aliphatic carbocycles. The maximum atomic E-state index is 5.31. The minimum absolute atomic E-state index is 0.310. The van der Waals surface area contributed by atoms with E-state index in [1.54, 1.807) is 7.11 Å². The molecule has 0 radical (unpaired) electrons. The summed E-state index contributed by atoms with van der Waals surface area (Å²) in [4.78, 5) is 7.00. The monoisotopic (exact) mass is 286 g/mol.